The van der Waals surface area contributed by atoms with Crippen LogP contribution in [0.4, 0.5) is 0 Å². The Bertz CT molecular complexity index is 980. The van der Waals surface area contributed by atoms with E-state index in [0.29, 0.717) is 24.2 Å². The molecule has 0 aromatic carbocycles. The van der Waals surface area contributed by atoms with E-state index in [1.807, 2.05) is 17.5 Å². The van der Waals surface area contributed by atoms with Crippen LogP contribution in [0.1, 0.15) is 45.7 Å². The summed E-state index contributed by atoms with van der Waals surface area (Å²) in [6.07, 6.45) is 5.84. The van der Waals surface area contributed by atoms with E-state index < -0.39 is 0 Å². The van der Waals surface area contributed by atoms with Gasteiger partial charge >= 0.3 is 0 Å². The molecule has 4 rings (SSSR count). The zero-order valence-electron chi connectivity index (χ0n) is 15.0. The third-order valence-corrected chi connectivity index (χ3v) is 5.64. The summed E-state index contributed by atoms with van der Waals surface area (Å²) in [5, 5.41) is 9.58. The lowest BCUT2D eigenvalue weighted by molar-refractivity contribution is 0.0733. The van der Waals surface area contributed by atoms with Crippen molar-refractivity contribution in [3.8, 4) is 0 Å². The van der Waals surface area contributed by atoms with Crippen molar-refractivity contribution in [3.63, 3.8) is 0 Å². The van der Waals surface area contributed by atoms with E-state index in [4.69, 9.17) is 4.52 Å². The van der Waals surface area contributed by atoms with Crippen LogP contribution >= 0.6 is 11.3 Å². The van der Waals surface area contributed by atoms with Crippen LogP contribution in [0.2, 0.25) is 0 Å². The first-order chi connectivity index (χ1) is 13.1. The number of pyridine rings is 1. The summed E-state index contributed by atoms with van der Waals surface area (Å²) in [6, 6.07) is 3.73. The van der Waals surface area contributed by atoms with Gasteiger partial charge in [0.1, 0.15) is 4.83 Å². The smallest absolute Gasteiger partial charge is 0.290 e. The van der Waals surface area contributed by atoms with Gasteiger partial charge < -0.3 is 14.7 Å². The topological polar surface area (TPSA) is 88.3 Å². The number of carbonyl (C=O) groups excluding carboxylic acids is 2. The Balaban J connectivity index is 1.48. The number of amides is 2. The number of hydrogen-bond donors (Lipinski definition) is 1. The van der Waals surface area contributed by atoms with Crippen LogP contribution in [-0.4, -0.2) is 46.0 Å². The molecule has 3 aromatic rings. The van der Waals surface area contributed by atoms with Crippen molar-refractivity contribution in [2.24, 2.45) is 0 Å². The van der Waals surface area contributed by atoms with Crippen LogP contribution in [0, 0.1) is 6.92 Å². The Morgan fingerprint density at radius 2 is 2.22 bits per heavy atom. The summed E-state index contributed by atoms with van der Waals surface area (Å²) >= 11 is 1.56. The molecule has 2 amide bonds. The van der Waals surface area contributed by atoms with Crippen LogP contribution in [0.3, 0.4) is 0 Å². The molecule has 0 radical (unpaired) electrons. The van der Waals surface area contributed by atoms with Crippen LogP contribution < -0.4 is 5.32 Å². The van der Waals surface area contributed by atoms with E-state index in [1.54, 1.807) is 29.4 Å². The molecular formula is C19H20N4O3S. The van der Waals surface area contributed by atoms with Crippen LogP contribution in [0.5, 0.6) is 0 Å². The summed E-state index contributed by atoms with van der Waals surface area (Å²) in [7, 11) is 0. The number of fused-ring (bicyclic) bond motifs is 1. The summed E-state index contributed by atoms with van der Waals surface area (Å²) in [5.74, 6) is -0.109. The summed E-state index contributed by atoms with van der Waals surface area (Å²) in [5.41, 5.74) is 1.28. The largest absolute Gasteiger partial charge is 0.351 e. The summed E-state index contributed by atoms with van der Waals surface area (Å²) < 4.78 is 5.03. The highest BCUT2D eigenvalue weighted by molar-refractivity contribution is 7.16. The zero-order chi connectivity index (χ0) is 18.8. The monoisotopic (exact) mass is 384 g/mol. The molecule has 0 saturated carbocycles. The molecule has 1 aliphatic rings. The third kappa shape index (κ3) is 3.71. The second-order valence-corrected chi connectivity index (χ2v) is 7.69. The predicted octanol–water partition coefficient (Wildman–Crippen LogP) is 3.02. The second-order valence-electron chi connectivity index (χ2n) is 6.79. The fourth-order valence-electron chi connectivity index (χ4n) is 3.36. The highest BCUT2D eigenvalue weighted by Crippen LogP contribution is 2.21. The van der Waals surface area contributed by atoms with Crippen molar-refractivity contribution in [2.45, 2.75) is 32.2 Å². The van der Waals surface area contributed by atoms with Gasteiger partial charge in [0.2, 0.25) is 5.76 Å². The number of hydrogen-bond acceptors (Lipinski definition) is 6. The minimum absolute atomic E-state index is 0.0485. The molecule has 1 N–H and O–H groups in total. The molecule has 0 bridgehead atoms. The summed E-state index contributed by atoms with van der Waals surface area (Å²) in [4.78, 5) is 32.5. The molecule has 0 spiro atoms. The third-order valence-electron chi connectivity index (χ3n) is 4.80. The van der Waals surface area contributed by atoms with Gasteiger partial charge in [-0.3, -0.25) is 9.59 Å². The Hall–Kier alpha value is -2.74. The van der Waals surface area contributed by atoms with Gasteiger partial charge in [-0.05, 0) is 43.7 Å². The first-order valence-electron chi connectivity index (χ1n) is 8.96. The molecule has 27 heavy (non-hydrogen) atoms. The van der Waals surface area contributed by atoms with Gasteiger partial charge in [-0.1, -0.05) is 5.16 Å². The maximum Gasteiger partial charge on any atom is 0.290 e. The molecule has 140 valence electrons. The van der Waals surface area contributed by atoms with Gasteiger partial charge in [0.25, 0.3) is 11.8 Å². The highest BCUT2D eigenvalue weighted by Gasteiger charge is 2.26. The van der Waals surface area contributed by atoms with Crippen molar-refractivity contribution in [1.29, 1.82) is 0 Å². The van der Waals surface area contributed by atoms with Gasteiger partial charge in [-0.2, -0.15) is 0 Å². The van der Waals surface area contributed by atoms with Crippen LogP contribution in [0.25, 0.3) is 10.2 Å². The first-order valence-corrected chi connectivity index (χ1v) is 9.84. The molecule has 8 heteroatoms. The van der Waals surface area contributed by atoms with Crippen molar-refractivity contribution in [3.05, 3.63) is 46.8 Å². The Labute approximate surface area is 160 Å². The molecule has 7 nitrogen and oxygen atoms in total. The van der Waals surface area contributed by atoms with Gasteiger partial charge in [0.05, 0.1) is 11.8 Å². The minimum Gasteiger partial charge on any atom is -0.351 e. The highest BCUT2D eigenvalue weighted by atomic mass is 32.1. The Kier molecular flexibility index (Phi) is 4.89. The SMILES string of the molecule is Cc1cnoc1C(=O)N[C@H]1CCCCN(C(=O)c2cnc3sccc3c2)C1. The average Bonchev–Trinajstić information content (AvgIpc) is 3.24. The number of nitrogens with one attached hydrogen (secondary N) is 1. The number of aromatic nitrogens is 2. The van der Waals surface area contributed by atoms with E-state index in [2.05, 4.69) is 15.5 Å². The van der Waals surface area contributed by atoms with Gasteiger partial charge in [-0.15, -0.1) is 11.3 Å². The quantitative estimate of drug-likeness (QED) is 0.750. The van der Waals surface area contributed by atoms with Crippen molar-refractivity contribution in [2.75, 3.05) is 13.1 Å². The predicted molar refractivity (Wildman–Crippen MR) is 102 cm³/mol. The lowest BCUT2D eigenvalue weighted by atomic mass is 10.1. The fourth-order valence-corrected chi connectivity index (χ4v) is 4.08. The average molecular weight is 384 g/mol. The molecule has 3 aromatic heterocycles. The number of aryl methyl sites for hydroxylation is 1. The van der Waals surface area contributed by atoms with Gasteiger partial charge in [0, 0.05) is 36.3 Å². The molecule has 0 unspecified atom stereocenters. The van der Waals surface area contributed by atoms with Crippen LogP contribution in [0.15, 0.2) is 34.4 Å². The maximum absolute atomic E-state index is 13.0. The fraction of sp³-hybridized carbons (Fsp3) is 0.368. The molecule has 1 atom stereocenters. The Morgan fingerprint density at radius 1 is 1.33 bits per heavy atom. The van der Waals surface area contributed by atoms with Crippen LogP contribution in [-0.2, 0) is 0 Å². The lowest BCUT2D eigenvalue weighted by Crippen LogP contribution is -2.44. The number of rotatable bonds is 3. The van der Waals surface area contributed by atoms with Crippen molar-refractivity contribution in [1.82, 2.24) is 20.4 Å². The molecule has 1 fully saturated rings. The molecular weight excluding hydrogens is 364 g/mol. The van der Waals surface area contributed by atoms with Crippen molar-refractivity contribution >= 4 is 33.4 Å². The van der Waals surface area contributed by atoms with E-state index in [1.165, 1.54) is 6.20 Å². The number of thiophene rings is 1. The Morgan fingerprint density at radius 3 is 3.04 bits per heavy atom. The van der Waals surface area contributed by atoms with Gasteiger partial charge in [0.15, 0.2) is 0 Å². The number of carbonyl (C=O) groups is 2. The van der Waals surface area contributed by atoms with E-state index in [9.17, 15) is 9.59 Å². The molecule has 1 saturated heterocycles. The summed E-state index contributed by atoms with van der Waals surface area (Å²) in [6.45, 7) is 2.93. The normalized spacial score (nSPS) is 17.7. The van der Waals surface area contributed by atoms with E-state index in [0.717, 1.165) is 29.5 Å². The van der Waals surface area contributed by atoms with E-state index in [-0.39, 0.29) is 23.6 Å². The number of nitrogens with zero attached hydrogens (tertiary/aromatic N) is 3. The maximum atomic E-state index is 13.0. The molecule has 4 heterocycles. The zero-order valence-corrected chi connectivity index (χ0v) is 15.8. The molecule has 0 aliphatic carbocycles. The second kappa shape index (κ2) is 7.48. The molecule has 1 aliphatic heterocycles. The first kappa shape index (κ1) is 17.7. The minimum atomic E-state index is -0.286. The van der Waals surface area contributed by atoms with Crippen molar-refractivity contribution < 1.29 is 14.1 Å². The standard InChI is InChI=1S/C19H20N4O3S/c1-12-9-21-26-16(12)17(24)22-15-4-2-3-6-23(11-15)19(25)14-8-13-5-7-27-18(13)20-10-14/h5,7-10,15H,2-4,6,11H2,1H3,(H,22,24)/t15-/m0/s1. The lowest BCUT2D eigenvalue weighted by Gasteiger charge is -2.25. The van der Waals surface area contributed by atoms with Gasteiger partial charge in [-0.25, -0.2) is 4.98 Å². The number of likely N-dealkylation sites (tertiary alicyclic amines) is 1. The van der Waals surface area contributed by atoms with E-state index >= 15 is 0 Å².